The second-order valence-corrected chi connectivity index (χ2v) is 15.1. The molecule has 4 aliphatic rings. The van der Waals surface area contributed by atoms with Crippen LogP contribution in [0.25, 0.3) is 11.1 Å². The number of rotatable bonds is 8. The Morgan fingerprint density at radius 3 is 2.48 bits per heavy atom. The molecule has 0 radical (unpaired) electrons. The van der Waals surface area contributed by atoms with Crippen molar-refractivity contribution in [1.29, 1.82) is 0 Å². The summed E-state index contributed by atoms with van der Waals surface area (Å²) >= 11 is 0. The molecule has 1 unspecified atom stereocenters. The number of benzene rings is 2. The fraction of sp³-hybridized carbons (Fsp3) is 0.500. The van der Waals surface area contributed by atoms with Crippen molar-refractivity contribution in [3.8, 4) is 11.1 Å². The number of aliphatic hydroxyl groups excluding tert-OH is 2. The zero-order chi connectivity index (χ0) is 29.0. The highest BCUT2D eigenvalue weighted by molar-refractivity contribution is 7.99. The number of carbonyl (C=O) groups is 1. The molecule has 0 spiro atoms. The number of fused-ring (bicyclic) bond motifs is 2. The van der Waals surface area contributed by atoms with Crippen LogP contribution in [-0.2, 0) is 25.7 Å². The average Bonchev–Trinajstić information content (AvgIpc) is 3.27. The third-order valence-electron chi connectivity index (χ3n) is 9.53. The molecule has 6 rings (SSSR count). The number of hydroxylamine groups is 2. The van der Waals surface area contributed by atoms with E-state index in [1.54, 1.807) is 18.2 Å². The van der Waals surface area contributed by atoms with Crippen LogP contribution >= 0.6 is 0 Å². The third kappa shape index (κ3) is 5.28. The summed E-state index contributed by atoms with van der Waals surface area (Å²) in [5, 5.41) is 25.6. The van der Waals surface area contributed by atoms with Crippen LogP contribution in [0.15, 0.2) is 65.6 Å². The molecule has 2 bridgehead atoms. The monoisotopic (exact) mass is 566 g/mol. The Hall–Kier alpha value is -2.49. The summed E-state index contributed by atoms with van der Waals surface area (Å²) < 4.78 is 12.3. The Labute approximate surface area is 238 Å². The molecule has 8 heteroatoms. The van der Waals surface area contributed by atoms with E-state index in [1.165, 1.54) is 0 Å². The second-order valence-electron chi connectivity index (χ2n) is 12.6. The number of hydrogen-bond donors (Lipinski definition) is 3. The van der Waals surface area contributed by atoms with Gasteiger partial charge in [0.25, 0.3) is 0 Å². The molecule has 1 amide bonds. The van der Waals surface area contributed by atoms with Gasteiger partial charge in [-0.05, 0) is 87.3 Å². The number of carbonyl (C=O) groups excluding carboxylic acids is 1. The Bertz CT molecular complexity index is 1380. The van der Waals surface area contributed by atoms with E-state index in [4.69, 9.17) is 4.84 Å². The van der Waals surface area contributed by atoms with E-state index in [0.29, 0.717) is 23.3 Å². The van der Waals surface area contributed by atoms with Crippen molar-refractivity contribution in [3.05, 3.63) is 66.2 Å². The zero-order valence-electron chi connectivity index (χ0n) is 23.9. The van der Waals surface area contributed by atoms with E-state index in [0.717, 1.165) is 35.1 Å². The van der Waals surface area contributed by atoms with E-state index in [9.17, 15) is 19.2 Å². The van der Waals surface area contributed by atoms with Gasteiger partial charge in [0.1, 0.15) is 12.1 Å². The van der Waals surface area contributed by atoms with Crippen LogP contribution in [-0.4, -0.2) is 68.4 Å². The highest BCUT2D eigenvalue weighted by atomic mass is 32.2. The van der Waals surface area contributed by atoms with Crippen LogP contribution in [0, 0.1) is 23.2 Å². The largest absolute Gasteiger partial charge is 0.394 e. The number of hydrogen-bond acceptors (Lipinski definition) is 6. The van der Waals surface area contributed by atoms with Gasteiger partial charge in [-0.3, -0.25) is 13.8 Å². The van der Waals surface area contributed by atoms with Crippen molar-refractivity contribution >= 4 is 21.3 Å². The Morgan fingerprint density at radius 1 is 1.20 bits per heavy atom. The number of amides is 1. The lowest BCUT2D eigenvalue weighted by atomic mass is 9.46. The molecule has 2 aromatic carbocycles. The first-order chi connectivity index (χ1) is 18.8. The van der Waals surface area contributed by atoms with Crippen molar-refractivity contribution in [1.82, 2.24) is 10.4 Å². The third-order valence-corrected chi connectivity index (χ3v) is 10.8. The van der Waals surface area contributed by atoms with Gasteiger partial charge in [0.15, 0.2) is 0 Å². The molecule has 40 heavy (non-hydrogen) atoms. The first-order valence-corrected chi connectivity index (χ1v) is 16.2. The van der Waals surface area contributed by atoms with E-state index in [2.05, 4.69) is 31.6 Å². The minimum Gasteiger partial charge on any atom is -0.394 e. The molecule has 7 nitrogen and oxygen atoms in total. The van der Waals surface area contributed by atoms with Crippen molar-refractivity contribution in [2.75, 3.05) is 12.9 Å². The Morgan fingerprint density at radius 2 is 1.90 bits per heavy atom. The fourth-order valence-corrected chi connectivity index (χ4v) is 7.68. The van der Waals surface area contributed by atoms with Gasteiger partial charge in [0.05, 0.1) is 25.3 Å². The van der Waals surface area contributed by atoms with Crippen LogP contribution in [0.1, 0.15) is 39.2 Å². The summed E-state index contributed by atoms with van der Waals surface area (Å²) in [7, 11) is -2.29. The van der Waals surface area contributed by atoms with Crippen molar-refractivity contribution in [2.24, 2.45) is 23.2 Å². The molecule has 3 N–H and O–H groups in total. The summed E-state index contributed by atoms with van der Waals surface area (Å²) in [5.74, 6) is 3.91. The van der Waals surface area contributed by atoms with E-state index in [1.807, 2.05) is 48.5 Å². The van der Waals surface area contributed by atoms with Gasteiger partial charge in [-0.2, -0.15) is 5.06 Å². The molecule has 3 saturated carbocycles. The molecule has 2 aromatic rings. The second kappa shape index (κ2) is 10.7. The van der Waals surface area contributed by atoms with Gasteiger partial charge in [0, 0.05) is 17.1 Å². The maximum Gasteiger partial charge on any atom is 0.240 e. The quantitative estimate of drug-likeness (QED) is 0.333. The minimum atomic E-state index is -2.29. The maximum atomic E-state index is 13.8. The predicted octanol–water partition coefficient (Wildman–Crippen LogP) is 3.64. The molecule has 8 atom stereocenters. The SMILES string of the molecule is C=C1[C@@H](NC(=O)[C@@H]2[C@H]([C@H](C)O)[C@H](CO)ON2Cc2cccc(-c3ccc(S(=C)(C)=O)cc3)c2)C[C@H]2C[C@@H]1C2(C)C. The highest BCUT2D eigenvalue weighted by Gasteiger charge is 2.56. The molecule has 1 heterocycles. The van der Waals surface area contributed by atoms with Crippen LogP contribution in [0.4, 0.5) is 0 Å². The van der Waals surface area contributed by atoms with Crippen molar-refractivity contribution in [2.45, 2.75) is 69.3 Å². The molecule has 0 aromatic heterocycles. The van der Waals surface area contributed by atoms with Gasteiger partial charge < -0.3 is 15.5 Å². The summed E-state index contributed by atoms with van der Waals surface area (Å²) in [6.45, 7) is 10.6. The van der Waals surface area contributed by atoms with Gasteiger partial charge >= 0.3 is 0 Å². The van der Waals surface area contributed by atoms with Gasteiger partial charge in [0.2, 0.25) is 5.91 Å². The van der Waals surface area contributed by atoms with Crippen LogP contribution < -0.4 is 5.32 Å². The van der Waals surface area contributed by atoms with E-state index < -0.39 is 33.7 Å². The normalized spacial score (nSPS) is 31.7. The lowest BCUT2D eigenvalue weighted by Gasteiger charge is -2.60. The lowest BCUT2D eigenvalue weighted by molar-refractivity contribution is -0.182. The highest BCUT2D eigenvalue weighted by Crippen LogP contribution is 2.60. The molecule has 1 aliphatic heterocycles. The fourth-order valence-electron chi connectivity index (χ4n) is 6.97. The summed E-state index contributed by atoms with van der Waals surface area (Å²) in [4.78, 5) is 20.6. The standard InChI is InChI=1S/C32H42N2O5S/c1-19-26-15-24(32(26,3)4)16-27(19)33-31(37)30-29(20(2)36)28(18-35)39-34(30)17-21-8-7-9-23(14-21)22-10-12-25(13-11-22)40(5,6)38/h7-14,20,24,26-30,35-36H,1,5,15-18H2,2-4,6H3,(H,33,37)/t20-,24+,26-,27-,28-,29+,30-,40?/m0/s1. The van der Waals surface area contributed by atoms with Crippen molar-refractivity contribution in [3.63, 3.8) is 0 Å². The topological polar surface area (TPSA) is 99.1 Å². The molecule has 1 saturated heterocycles. The lowest BCUT2D eigenvalue weighted by Crippen LogP contribution is -2.59. The molecule has 4 fully saturated rings. The molecule has 3 aliphatic carbocycles. The minimum absolute atomic E-state index is 0.101. The predicted molar refractivity (Wildman–Crippen MR) is 159 cm³/mol. The molecular weight excluding hydrogens is 524 g/mol. The van der Waals surface area contributed by atoms with Crippen molar-refractivity contribution < 1.29 is 24.1 Å². The van der Waals surface area contributed by atoms with Crippen LogP contribution in [0.3, 0.4) is 0 Å². The molecular formula is C32H42N2O5S. The van der Waals surface area contributed by atoms with E-state index >= 15 is 0 Å². The van der Waals surface area contributed by atoms with Crippen LogP contribution in [0.2, 0.25) is 0 Å². The molecule has 216 valence electrons. The number of nitrogens with zero attached hydrogens (tertiary/aromatic N) is 1. The Balaban J connectivity index is 1.36. The summed E-state index contributed by atoms with van der Waals surface area (Å²) in [5.41, 5.74) is 4.17. The smallest absolute Gasteiger partial charge is 0.240 e. The summed E-state index contributed by atoms with van der Waals surface area (Å²) in [6.07, 6.45) is 2.07. The summed E-state index contributed by atoms with van der Waals surface area (Å²) in [6, 6.07) is 14.6. The number of nitrogens with one attached hydrogen (secondary N) is 1. The first-order valence-electron chi connectivity index (χ1n) is 14.0. The van der Waals surface area contributed by atoms with Crippen LogP contribution in [0.5, 0.6) is 0 Å². The van der Waals surface area contributed by atoms with Gasteiger partial charge in [-0.25, -0.2) is 0 Å². The first kappa shape index (κ1) is 29.0. The number of aliphatic hydroxyl groups is 2. The van der Waals surface area contributed by atoms with E-state index in [-0.39, 0.29) is 24.0 Å². The Kier molecular flexibility index (Phi) is 7.78. The maximum absolute atomic E-state index is 13.8. The van der Waals surface area contributed by atoms with Gasteiger partial charge in [-0.15, -0.1) is 0 Å². The van der Waals surface area contributed by atoms with Gasteiger partial charge in [-0.1, -0.05) is 56.3 Å². The zero-order valence-corrected chi connectivity index (χ0v) is 24.7. The average molecular weight is 567 g/mol.